The van der Waals surface area contributed by atoms with Crippen LogP contribution in [0.4, 0.5) is 4.39 Å². The van der Waals surface area contributed by atoms with Crippen molar-refractivity contribution in [3.05, 3.63) is 30.2 Å². The number of aliphatic hydroxyl groups is 3. The van der Waals surface area contributed by atoms with Crippen molar-refractivity contribution in [3.8, 4) is 0 Å². The minimum atomic E-state index is -1.35. The van der Waals surface area contributed by atoms with Gasteiger partial charge in [0.25, 0.3) is 0 Å². The van der Waals surface area contributed by atoms with Gasteiger partial charge in [-0.2, -0.15) is 0 Å². The van der Waals surface area contributed by atoms with Crippen LogP contribution >= 0.6 is 0 Å². The normalized spacial score (nSPS) is 27.0. The summed E-state index contributed by atoms with van der Waals surface area (Å²) in [6.07, 6.45) is -0.890. The van der Waals surface area contributed by atoms with Gasteiger partial charge in [-0.05, 0) is 6.72 Å². The number of fused-ring (bicyclic) bond motifs is 1. The number of hydrogen-bond acceptors (Lipinski definition) is 8. The highest BCUT2D eigenvalue weighted by molar-refractivity contribution is 5.89. The standard InChI is InChI=1S/C15H18FN5O4/c1-17-3-8(18-2)11-10-7(16)4-21(14(10)20-6-19-11)15-13(24)12(23)9(5-22)25-15/h3-4,6,9,12-13,15,17,22-24H,2,5H2,1H3/b8-3-/t9-,12-,13-,15-/m1/s1. The van der Waals surface area contributed by atoms with Crippen molar-refractivity contribution in [3.63, 3.8) is 0 Å². The molecule has 0 aromatic carbocycles. The van der Waals surface area contributed by atoms with E-state index in [1.807, 2.05) is 0 Å². The van der Waals surface area contributed by atoms with Gasteiger partial charge in [0, 0.05) is 19.4 Å². The van der Waals surface area contributed by atoms with Gasteiger partial charge in [-0.15, -0.1) is 0 Å². The van der Waals surface area contributed by atoms with Gasteiger partial charge in [-0.25, -0.2) is 14.4 Å². The minimum absolute atomic E-state index is 0.0779. The molecule has 3 rings (SSSR count). The molecule has 1 aliphatic heterocycles. The van der Waals surface area contributed by atoms with Crippen LogP contribution in [0.1, 0.15) is 11.9 Å². The summed E-state index contributed by atoms with van der Waals surface area (Å²) in [5.41, 5.74) is 0.688. The summed E-state index contributed by atoms with van der Waals surface area (Å²) in [6, 6.07) is 0. The Bertz CT molecular complexity index is 824. The van der Waals surface area contributed by atoms with E-state index in [1.165, 1.54) is 17.1 Å². The lowest BCUT2D eigenvalue weighted by Gasteiger charge is -2.17. The highest BCUT2D eigenvalue weighted by Gasteiger charge is 2.44. The predicted molar refractivity (Wildman–Crippen MR) is 87.1 cm³/mol. The number of nitrogens with zero attached hydrogens (tertiary/aromatic N) is 4. The summed E-state index contributed by atoms with van der Waals surface area (Å²) in [6.45, 7) is 2.97. The van der Waals surface area contributed by atoms with Gasteiger partial charge in [0.1, 0.15) is 41.7 Å². The molecular weight excluding hydrogens is 333 g/mol. The van der Waals surface area contributed by atoms with E-state index in [9.17, 15) is 19.7 Å². The van der Waals surface area contributed by atoms with Crippen LogP contribution < -0.4 is 5.32 Å². The van der Waals surface area contributed by atoms with Gasteiger partial charge in [0.05, 0.1) is 12.0 Å². The molecule has 25 heavy (non-hydrogen) atoms. The van der Waals surface area contributed by atoms with Crippen molar-refractivity contribution in [1.29, 1.82) is 0 Å². The molecule has 0 amide bonds. The van der Waals surface area contributed by atoms with Crippen LogP contribution in [-0.4, -0.2) is 68.5 Å². The van der Waals surface area contributed by atoms with Gasteiger partial charge in [0.2, 0.25) is 0 Å². The quantitative estimate of drug-likeness (QED) is 0.530. The first kappa shape index (κ1) is 17.4. The Balaban J connectivity index is 2.14. The first-order valence-corrected chi connectivity index (χ1v) is 7.51. The summed E-state index contributed by atoms with van der Waals surface area (Å²) >= 11 is 0. The number of rotatable bonds is 5. The van der Waals surface area contributed by atoms with Crippen molar-refractivity contribution < 1.29 is 24.4 Å². The average Bonchev–Trinajstić information content (AvgIpc) is 3.10. The first-order chi connectivity index (χ1) is 12.0. The van der Waals surface area contributed by atoms with Crippen LogP contribution in [0.15, 0.2) is 23.7 Å². The maximum atomic E-state index is 14.6. The summed E-state index contributed by atoms with van der Waals surface area (Å²) in [4.78, 5) is 12.0. The minimum Gasteiger partial charge on any atom is -0.394 e. The van der Waals surface area contributed by atoms with E-state index >= 15 is 0 Å². The van der Waals surface area contributed by atoms with E-state index in [0.717, 1.165) is 6.20 Å². The Labute approximate surface area is 142 Å². The molecule has 0 radical (unpaired) electrons. The Morgan fingerprint density at radius 1 is 1.48 bits per heavy atom. The molecule has 2 aromatic heterocycles. The summed E-state index contributed by atoms with van der Waals surface area (Å²) in [7, 11) is 1.66. The molecule has 0 spiro atoms. The highest BCUT2D eigenvalue weighted by atomic mass is 19.1. The molecule has 0 unspecified atom stereocenters. The number of aliphatic hydroxyl groups excluding tert-OH is 3. The van der Waals surface area contributed by atoms with E-state index in [2.05, 4.69) is 27.0 Å². The monoisotopic (exact) mass is 351 g/mol. The van der Waals surface area contributed by atoms with Gasteiger partial charge in [-0.1, -0.05) is 0 Å². The van der Waals surface area contributed by atoms with Gasteiger partial charge < -0.3 is 29.9 Å². The number of halogens is 1. The van der Waals surface area contributed by atoms with E-state index in [1.54, 1.807) is 7.05 Å². The zero-order valence-corrected chi connectivity index (χ0v) is 13.4. The van der Waals surface area contributed by atoms with E-state index < -0.39 is 37.0 Å². The van der Waals surface area contributed by atoms with Crippen LogP contribution in [0.2, 0.25) is 0 Å². The second-order valence-electron chi connectivity index (χ2n) is 5.51. The fourth-order valence-electron chi connectivity index (χ4n) is 2.86. The van der Waals surface area contributed by atoms with Gasteiger partial charge in [0.15, 0.2) is 12.0 Å². The largest absolute Gasteiger partial charge is 0.394 e. The van der Waals surface area contributed by atoms with Crippen LogP contribution in [0.3, 0.4) is 0 Å². The molecule has 134 valence electrons. The lowest BCUT2D eigenvalue weighted by atomic mass is 10.1. The molecule has 0 saturated carbocycles. The summed E-state index contributed by atoms with van der Waals surface area (Å²) < 4.78 is 21.3. The molecule has 4 N–H and O–H groups in total. The van der Waals surface area contributed by atoms with Crippen molar-refractivity contribution in [1.82, 2.24) is 19.9 Å². The van der Waals surface area contributed by atoms with Crippen molar-refractivity contribution in [2.75, 3.05) is 13.7 Å². The molecule has 3 heterocycles. The van der Waals surface area contributed by atoms with E-state index in [0.29, 0.717) is 5.70 Å². The van der Waals surface area contributed by atoms with Crippen LogP contribution in [-0.2, 0) is 4.74 Å². The summed E-state index contributed by atoms with van der Waals surface area (Å²) in [5, 5.41) is 32.1. The highest BCUT2D eigenvalue weighted by Crippen LogP contribution is 2.34. The van der Waals surface area contributed by atoms with E-state index in [4.69, 9.17) is 4.74 Å². The predicted octanol–water partition coefficient (Wildman–Crippen LogP) is -0.600. The molecule has 1 fully saturated rings. The number of hydrogen-bond donors (Lipinski definition) is 4. The SMILES string of the molecule is C=N/C(=C\NC)c1ncnc2c1c(F)cn2[C@@H]1O[C@H](CO)[C@@H](O)[C@H]1O. The Morgan fingerprint density at radius 2 is 2.24 bits per heavy atom. The van der Waals surface area contributed by atoms with Gasteiger partial charge >= 0.3 is 0 Å². The van der Waals surface area contributed by atoms with Crippen molar-refractivity contribution >= 4 is 23.4 Å². The lowest BCUT2D eigenvalue weighted by molar-refractivity contribution is -0.0510. The van der Waals surface area contributed by atoms with Crippen LogP contribution in [0, 0.1) is 5.82 Å². The number of aromatic nitrogens is 3. The van der Waals surface area contributed by atoms with Crippen molar-refractivity contribution in [2.24, 2.45) is 4.99 Å². The fraction of sp³-hybridized carbons (Fsp3) is 0.400. The third-order valence-corrected chi connectivity index (χ3v) is 4.05. The molecule has 2 aromatic rings. The lowest BCUT2D eigenvalue weighted by Crippen LogP contribution is -2.33. The van der Waals surface area contributed by atoms with Crippen molar-refractivity contribution in [2.45, 2.75) is 24.5 Å². The topological polar surface area (TPSA) is 125 Å². The molecule has 10 heteroatoms. The number of nitrogens with one attached hydrogen (secondary N) is 1. The van der Waals surface area contributed by atoms with E-state index in [-0.39, 0.29) is 16.7 Å². The van der Waals surface area contributed by atoms with Gasteiger partial charge in [-0.3, -0.25) is 4.99 Å². The molecule has 0 bridgehead atoms. The molecule has 1 saturated heterocycles. The molecule has 1 aliphatic rings. The average molecular weight is 351 g/mol. The fourth-order valence-corrected chi connectivity index (χ4v) is 2.86. The van der Waals surface area contributed by atoms with Crippen LogP contribution in [0.25, 0.3) is 16.7 Å². The Kier molecular flexibility index (Phi) is 4.77. The Morgan fingerprint density at radius 3 is 2.84 bits per heavy atom. The maximum Gasteiger partial charge on any atom is 0.164 e. The third-order valence-electron chi connectivity index (χ3n) is 4.05. The molecular formula is C15H18FN5O4. The summed E-state index contributed by atoms with van der Waals surface area (Å²) in [5.74, 6) is -0.644. The molecule has 9 nitrogen and oxygen atoms in total. The first-order valence-electron chi connectivity index (χ1n) is 7.51. The Hall–Kier alpha value is -2.40. The number of aliphatic imine (C=N–C) groups is 1. The zero-order chi connectivity index (χ0) is 18.1. The smallest absolute Gasteiger partial charge is 0.164 e. The third kappa shape index (κ3) is 2.78. The zero-order valence-electron chi connectivity index (χ0n) is 13.4. The molecule has 0 aliphatic carbocycles. The van der Waals surface area contributed by atoms with Crippen LogP contribution in [0.5, 0.6) is 0 Å². The molecule has 4 atom stereocenters. The number of ether oxygens (including phenoxy) is 1. The maximum absolute atomic E-state index is 14.6. The second-order valence-corrected chi connectivity index (χ2v) is 5.51. The second kappa shape index (κ2) is 6.84.